The monoisotopic (exact) mass is 318 g/mol. The Balaban J connectivity index is 3.75. The number of ether oxygens (including phenoxy) is 3. The third kappa shape index (κ3) is 13.0. The third-order valence-electron chi connectivity index (χ3n) is 1.81. The fourth-order valence-corrected chi connectivity index (χ4v) is 1.14. The molecule has 0 aliphatic carbocycles. The molecule has 0 fully saturated rings. The van der Waals surface area contributed by atoms with Crippen molar-refractivity contribution < 1.29 is 28.6 Å². The van der Waals surface area contributed by atoms with E-state index in [1.54, 1.807) is 41.5 Å². The van der Waals surface area contributed by atoms with Gasteiger partial charge in [-0.15, -0.1) is 0 Å². The molecule has 8 heteroatoms. The van der Waals surface area contributed by atoms with Crippen LogP contribution in [0.3, 0.4) is 0 Å². The SMILES string of the molecule is CC(C)(C)OC(=O)NCCOC(=O)CNC(=O)OC(C)(C)C. The van der Waals surface area contributed by atoms with Crippen molar-refractivity contribution in [1.82, 2.24) is 10.6 Å². The van der Waals surface area contributed by atoms with E-state index >= 15 is 0 Å². The summed E-state index contributed by atoms with van der Waals surface area (Å²) < 4.78 is 14.8. The number of nitrogens with one attached hydrogen (secondary N) is 2. The molecule has 8 nitrogen and oxygen atoms in total. The second-order valence-corrected chi connectivity index (χ2v) is 6.50. The van der Waals surface area contributed by atoms with E-state index in [0.717, 1.165) is 0 Å². The van der Waals surface area contributed by atoms with Gasteiger partial charge in [0.05, 0.1) is 6.54 Å². The van der Waals surface area contributed by atoms with Gasteiger partial charge in [0.1, 0.15) is 24.4 Å². The molecule has 0 atom stereocenters. The molecule has 22 heavy (non-hydrogen) atoms. The predicted molar refractivity (Wildman–Crippen MR) is 79.4 cm³/mol. The zero-order valence-electron chi connectivity index (χ0n) is 14.1. The third-order valence-corrected chi connectivity index (χ3v) is 1.81. The highest BCUT2D eigenvalue weighted by Crippen LogP contribution is 2.06. The van der Waals surface area contributed by atoms with Gasteiger partial charge in [-0.05, 0) is 41.5 Å². The molecule has 128 valence electrons. The minimum atomic E-state index is -0.698. The van der Waals surface area contributed by atoms with Crippen LogP contribution in [0.1, 0.15) is 41.5 Å². The molecular formula is C14H26N2O6. The maximum Gasteiger partial charge on any atom is 0.408 e. The summed E-state index contributed by atoms with van der Waals surface area (Å²) in [5, 5.41) is 4.71. The van der Waals surface area contributed by atoms with Crippen LogP contribution in [0, 0.1) is 0 Å². The highest BCUT2D eigenvalue weighted by Gasteiger charge is 2.17. The van der Waals surface area contributed by atoms with Crippen LogP contribution in [0.4, 0.5) is 9.59 Å². The quantitative estimate of drug-likeness (QED) is 0.453. The minimum Gasteiger partial charge on any atom is -0.462 e. The molecule has 0 aromatic rings. The Kier molecular flexibility index (Phi) is 7.69. The molecule has 0 aliphatic rings. The molecule has 2 N–H and O–H groups in total. The summed E-state index contributed by atoms with van der Waals surface area (Å²) in [5.74, 6) is -0.628. The first-order valence-electron chi connectivity index (χ1n) is 6.98. The first kappa shape index (κ1) is 20.0. The van der Waals surface area contributed by atoms with Crippen molar-refractivity contribution in [2.45, 2.75) is 52.7 Å². The Hall–Kier alpha value is -1.99. The van der Waals surface area contributed by atoms with Gasteiger partial charge in [0.15, 0.2) is 0 Å². The molecule has 0 spiro atoms. The largest absolute Gasteiger partial charge is 0.462 e. The van der Waals surface area contributed by atoms with Crippen LogP contribution in [-0.2, 0) is 19.0 Å². The lowest BCUT2D eigenvalue weighted by atomic mass is 10.2. The predicted octanol–water partition coefficient (Wildman–Crippen LogP) is 1.58. The topological polar surface area (TPSA) is 103 Å². The Bertz CT molecular complexity index is 395. The van der Waals surface area contributed by atoms with Gasteiger partial charge in [-0.1, -0.05) is 0 Å². The zero-order valence-corrected chi connectivity index (χ0v) is 14.1. The van der Waals surface area contributed by atoms with Crippen molar-refractivity contribution in [2.24, 2.45) is 0 Å². The van der Waals surface area contributed by atoms with Gasteiger partial charge in [-0.3, -0.25) is 4.79 Å². The standard InChI is InChI=1S/C14H26N2O6/c1-13(2,3)21-11(18)15-7-8-20-10(17)9-16-12(19)22-14(4,5)6/h7-9H2,1-6H3,(H,15,18)(H,16,19). The second-order valence-electron chi connectivity index (χ2n) is 6.50. The van der Waals surface area contributed by atoms with E-state index in [1.165, 1.54) is 0 Å². The fraction of sp³-hybridized carbons (Fsp3) is 0.786. The van der Waals surface area contributed by atoms with E-state index in [4.69, 9.17) is 14.2 Å². The average Bonchev–Trinajstić information content (AvgIpc) is 2.27. The lowest BCUT2D eigenvalue weighted by Gasteiger charge is -2.20. The van der Waals surface area contributed by atoms with Crippen molar-refractivity contribution in [3.63, 3.8) is 0 Å². The van der Waals surface area contributed by atoms with Gasteiger partial charge in [0.2, 0.25) is 0 Å². The molecule has 0 unspecified atom stereocenters. The van der Waals surface area contributed by atoms with E-state index in [0.29, 0.717) is 0 Å². The molecule has 0 aromatic carbocycles. The van der Waals surface area contributed by atoms with E-state index in [1.807, 2.05) is 0 Å². The Morgan fingerprint density at radius 3 is 1.73 bits per heavy atom. The van der Waals surface area contributed by atoms with E-state index in [9.17, 15) is 14.4 Å². The van der Waals surface area contributed by atoms with E-state index in [-0.39, 0.29) is 19.7 Å². The molecule has 0 saturated carbocycles. The molecule has 0 radical (unpaired) electrons. The molecule has 0 bridgehead atoms. The number of carbonyl (C=O) groups is 3. The van der Waals surface area contributed by atoms with Gasteiger partial charge in [0, 0.05) is 0 Å². The van der Waals surface area contributed by atoms with Gasteiger partial charge < -0.3 is 24.8 Å². The summed E-state index contributed by atoms with van der Waals surface area (Å²) in [6, 6.07) is 0. The Morgan fingerprint density at radius 2 is 1.27 bits per heavy atom. The normalized spacial score (nSPS) is 11.4. The zero-order chi connectivity index (χ0) is 17.4. The smallest absolute Gasteiger partial charge is 0.408 e. The first-order valence-corrected chi connectivity index (χ1v) is 6.98. The summed E-state index contributed by atoms with van der Waals surface area (Å²) >= 11 is 0. The van der Waals surface area contributed by atoms with Crippen molar-refractivity contribution in [1.29, 1.82) is 0 Å². The Morgan fingerprint density at radius 1 is 0.818 bits per heavy atom. The first-order chi connectivity index (χ1) is 9.89. The summed E-state index contributed by atoms with van der Waals surface area (Å²) in [7, 11) is 0. The van der Waals surface area contributed by atoms with Crippen LogP contribution < -0.4 is 10.6 Å². The van der Waals surface area contributed by atoms with Gasteiger partial charge in [-0.25, -0.2) is 9.59 Å². The molecule has 0 aromatic heterocycles. The van der Waals surface area contributed by atoms with Crippen molar-refractivity contribution in [3.05, 3.63) is 0 Å². The van der Waals surface area contributed by atoms with E-state index in [2.05, 4.69) is 10.6 Å². The number of carbonyl (C=O) groups excluding carboxylic acids is 3. The summed E-state index contributed by atoms with van der Waals surface area (Å²) in [5.41, 5.74) is -1.22. The van der Waals surface area contributed by atoms with Crippen molar-refractivity contribution in [2.75, 3.05) is 19.7 Å². The highest BCUT2D eigenvalue weighted by molar-refractivity contribution is 5.78. The summed E-state index contributed by atoms with van der Waals surface area (Å²) in [4.78, 5) is 34.0. The van der Waals surface area contributed by atoms with Crippen LogP contribution in [0.2, 0.25) is 0 Å². The molecule has 0 aliphatic heterocycles. The molecule has 0 saturated heterocycles. The lowest BCUT2D eigenvalue weighted by Crippen LogP contribution is -2.37. The molecule has 2 amide bonds. The summed E-state index contributed by atoms with van der Waals surface area (Å²) in [6.45, 7) is 10.2. The van der Waals surface area contributed by atoms with Crippen molar-refractivity contribution in [3.8, 4) is 0 Å². The van der Waals surface area contributed by atoms with Crippen LogP contribution in [0.25, 0.3) is 0 Å². The lowest BCUT2D eigenvalue weighted by molar-refractivity contribution is -0.142. The highest BCUT2D eigenvalue weighted by atomic mass is 16.6. The van der Waals surface area contributed by atoms with E-state index < -0.39 is 29.4 Å². The van der Waals surface area contributed by atoms with Gasteiger partial charge in [0.25, 0.3) is 0 Å². The maximum atomic E-state index is 11.4. The maximum absolute atomic E-state index is 11.4. The number of rotatable bonds is 5. The number of hydrogen-bond acceptors (Lipinski definition) is 6. The molecule has 0 rings (SSSR count). The average molecular weight is 318 g/mol. The fourth-order valence-electron chi connectivity index (χ4n) is 1.14. The van der Waals surface area contributed by atoms with Gasteiger partial charge in [-0.2, -0.15) is 0 Å². The van der Waals surface area contributed by atoms with Crippen LogP contribution in [0.5, 0.6) is 0 Å². The molecular weight excluding hydrogens is 292 g/mol. The molecule has 0 heterocycles. The number of esters is 1. The number of alkyl carbamates (subject to hydrolysis) is 2. The van der Waals surface area contributed by atoms with Crippen LogP contribution in [-0.4, -0.2) is 49.1 Å². The van der Waals surface area contributed by atoms with Crippen LogP contribution in [0.15, 0.2) is 0 Å². The Labute approximate surface area is 130 Å². The van der Waals surface area contributed by atoms with Gasteiger partial charge >= 0.3 is 18.2 Å². The summed E-state index contributed by atoms with van der Waals surface area (Å²) in [6.07, 6.45) is -1.29. The van der Waals surface area contributed by atoms with Crippen LogP contribution >= 0.6 is 0 Å². The number of amides is 2. The van der Waals surface area contributed by atoms with Crippen molar-refractivity contribution >= 4 is 18.2 Å². The number of hydrogen-bond donors (Lipinski definition) is 2. The minimum absolute atomic E-state index is 0.0198. The second kappa shape index (κ2) is 8.45.